The average Bonchev–Trinajstić information content (AvgIpc) is 2.38. The van der Waals surface area contributed by atoms with Gasteiger partial charge >= 0.3 is 6.03 Å². The Hall–Kier alpha value is -0.680. The number of thioether (sulfide) groups is 1. The summed E-state index contributed by atoms with van der Waals surface area (Å²) in [5.74, 6) is 2.23. The lowest BCUT2D eigenvalue weighted by molar-refractivity contribution is 0.137. The molecule has 2 N–H and O–H groups in total. The summed E-state index contributed by atoms with van der Waals surface area (Å²) in [7, 11) is 0. The molecule has 0 unspecified atom stereocenters. The molecule has 0 aliphatic carbocycles. The van der Waals surface area contributed by atoms with Gasteiger partial charge in [0.15, 0.2) is 0 Å². The Morgan fingerprint density at radius 3 is 2.82 bits per heavy atom. The lowest BCUT2D eigenvalue weighted by Gasteiger charge is -2.31. The molecule has 1 saturated heterocycles. The standard InChI is InChI=1S/C12H22N2O2S/c1-2-8-17-9-5-13-12(16)14-6-3-11(10-15)4-7-14/h2,11,15H,1,3-10H2,(H,13,16). The second-order valence-corrected chi connectivity index (χ2v) is 5.36. The Balaban J connectivity index is 2.09. The van der Waals surface area contributed by atoms with Crippen molar-refractivity contribution in [1.29, 1.82) is 0 Å². The Labute approximate surface area is 107 Å². The monoisotopic (exact) mass is 258 g/mol. The summed E-state index contributed by atoms with van der Waals surface area (Å²) in [6, 6.07) is 0.0283. The van der Waals surface area contributed by atoms with Crippen LogP contribution in [0.2, 0.25) is 0 Å². The lowest BCUT2D eigenvalue weighted by Crippen LogP contribution is -2.45. The highest BCUT2D eigenvalue weighted by atomic mass is 32.2. The van der Waals surface area contributed by atoms with Gasteiger partial charge in [0.05, 0.1) is 0 Å². The molecule has 1 fully saturated rings. The molecule has 0 saturated carbocycles. The van der Waals surface area contributed by atoms with Crippen LogP contribution in [0.5, 0.6) is 0 Å². The van der Waals surface area contributed by atoms with E-state index in [2.05, 4.69) is 11.9 Å². The van der Waals surface area contributed by atoms with Crippen molar-refractivity contribution in [2.75, 3.05) is 37.7 Å². The van der Waals surface area contributed by atoms with Crippen molar-refractivity contribution in [3.8, 4) is 0 Å². The van der Waals surface area contributed by atoms with Crippen LogP contribution in [0.1, 0.15) is 12.8 Å². The van der Waals surface area contributed by atoms with Crippen LogP contribution in [-0.4, -0.2) is 53.8 Å². The van der Waals surface area contributed by atoms with Gasteiger partial charge in [0.25, 0.3) is 0 Å². The van der Waals surface area contributed by atoms with Gasteiger partial charge in [-0.15, -0.1) is 6.58 Å². The van der Waals surface area contributed by atoms with E-state index < -0.39 is 0 Å². The zero-order valence-corrected chi connectivity index (χ0v) is 11.0. The zero-order chi connectivity index (χ0) is 12.5. The van der Waals surface area contributed by atoms with Crippen molar-refractivity contribution >= 4 is 17.8 Å². The number of aliphatic hydroxyl groups excluding tert-OH is 1. The molecule has 5 heteroatoms. The molecule has 98 valence electrons. The molecule has 1 heterocycles. The number of piperidine rings is 1. The summed E-state index contributed by atoms with van der Waals surface area (Å²) in [6.07, 6.45) is 3.69. The number of rotatable bonds is 6. The molecule has 1 aliphatic heterocycles. The van der Waals surface area contributed by atoms with Crippen LogP contribution < -0.4 is 5.32 Å². The molecule has 1 aliphatic rings. The van der Waals surface area contributed by atoms with Crippen LogP contribution >= 0.6 is 11.8 Å². The summed E-state index contributed by atoms with van der Waals surface area (Å²) < 4.78 is 0. The molecular weight excluding hydrogens is 236 g/mol. The van der Waals surface area contributed by atoms with Gasteiger partial charge < -0.3 is 15.3 Å². The first kappa shape index (κ1) is 14.4. The van der Waals surface area contributed by atoms with E-state index in [0.717, 1.165) is 37.4 Å². The van der Waals surface area contributed by atoms with Crippen LogP contribution in [0.3, 0.4) is 0 Å². The van der Waals surface area contributed by atoms with E-state index in [0.29, 0.717) is 12.5 Å². The predicted octanol–water partition coefficient (Wildman–Crippen LogP) is 1.32. The van der Waals surface area contributed by atoms with E-state index in [1.807, 2.05) is 11.0 Å². The van der Waals surface area contributed by atoms with E-state index in [1.165, 1.54) is 0 Å². The summed E-state index contributed by atoms with van der Waals surface area (Å²) in [5.41, 5.74) is 0. The van der Waals surface area contributed by atoms with Crippen molar-refractivity contribution in [2.45, 2.75) is 12.8 Å². The van der Waals surface area contributed by atoms with Gasteiger partial charge in [-0.2, -0.15) is 11.8 Å². The highest BCUT2D eigenvalue weighted by molar-refractivity contribution is 7.99. The van der Waals surface area contributed by atoms with E-state index in [4.69, 9.17) is 5.11 Å². The van der Waals surface area contributed by atoms with E-state index >= 15 is 0 Å². The molecule has 0 aromatic rings. The van der Waals surface area contributed by atoms with Gasteiger partial charge in [0.1, 0.15) is 0 Å². The number of urea groups is 1. The molecule has 0 aromatic heterocycles. The van der Waals surface area contributed by atoms with Crippen molar-refractivity contribution in [3.63, 3.8) is 0 Å². The maximum absolute atomic E-state index is 11.7. The molecule has 0 aromatic carbocycles. The summed E-state index contributed by atoms with van der Waals surface area (Å²) >= 11 is 1.76. The number of amides is 2. The van der Waals surface area contributed by atoms with Gasteiger partial charge in [-0.3, -0.25) is 0 Å². The van der Waals surface area contributed by atoms with Gasteiger partial charge in [-0.25, -0.2) is 4.79 Å². The molecule has 4 nitrogen and oxygen atoms in total. The Kier molecular flexibility index (Phi) is 7.12. The fourth-order valence-corrected chi connectivity index (χ4v) is 2.41. The third-order valence-electron chi connectivity index (χ3n) is 2.92. The number of nitrogens with zero attached hydrogens (tertiary/aromatic N) is 1. The van der Waals surface area contributed by atoms with E-state index in [9.17, 15) is 4.79 Å². The number of likely N-dealkylation sites (tertiary alicyclic amines) is 1. The van der Waals surface area contributed by atoms with Crippen LogP contribution in [-0.2, 0) is 0 Å². The second-order valence-electron chi connectivity index (χ2n) is 4.21. The summed E-state index contributed by atoms with van der Waals surface area (Å²) in [5, 5.41) is 11.9. The summed E-state index contributed by atoms with van der Waals surface area (Å²) in [4.78, 5) is 13.6. The molecule has 0 bridgehead atoms. The zero-order valence-electron chi connectivity index (χ0n) is 10.2. The van der Waals surface area contributed by atoms with Crippen LogP contribution in [0.25, 0.3) is 0 Å². The van der Waals surface area contributed by atoms with Crippen molar-refractivity contribution in [3.05, 3.63) is 12.7 Å². The highest BCUT2D eigenvalue weighted by Gasteiger charge is 2.21. The van der Waals surface area contributed by atoms with E-state index in [-0.39, 0.29) is 12.6 Å². The Morgan fingerprint density at radius 2 is 2.24 bits per heavy atom. The maximum Gasteiger partial charge on any atom is 0.317 e. The van der Waals surface area contributed by atoms with Crippen LogP contribution in [0, 0.1) is 5.92 Å². The molecular formula is C12H22N2O2S. The van der Waals surface area contributed by atoms with Crippen molar-refractivity contribution < 1.29 is 9.90 Å². The molecule has 2 amide bonds. The fraction of sp³-hybridized carbons (Fsp3) is 0.750. The van der Waals surface area contributed by atoms with E-state index in [1.54, 1.807) is 11.8 Å². The number of aliphatic hydroxyl groups is 1. The number of carbonyl (C=O) groups excluding carboxylic acids is 1. The van der Waals surface area contributed by atoms with Crippen LogP contribution in [0.15, 0.2) is 12.7 Å². The molecule has 0 atom stereocenters. The first-order chi connectivity index (χ1) is 8.27. The highest BCUT2D eigenvalue weighted by Crippen LogP contribution is 2.16. The minimum Gasteiger partial charge on any atom is -0.396 e. The quantitative estimate of drug-likeness (QED) is 0.558. The Morgan fingerprint density at radius 1 is 1.53 bits per heavy atom. The smallest absolute Gasteiger partial charge is 0.317 e. The van der Waals surface area contributed by atoms with Gasteiger partial charge in [0, 0.05) is 37.7 Å². The topological polar surface area (TPSA) is 52.6 Å². The lowest BCUT2D eigenvalue weighted by atomic mass is 9.98. The molecule has 17 heavy (non-hydrogen) atoms. The number of carbonyl (C=O) groups is 1. The average molecular weight is 258 g/mol. The predicted molar refractivity (Wildman–Crippen MR) is 72.3 cm³/mol. The van der Waals surface area contributed by atoms with Gasteiger partial charge in [-0.05, 0) is 18.8 Å². The number of hydrogen-bond donors (Lipinski definition) is 2. The first-order valence-electron chi connectivity index (χ1n) is 6.10. The second kappa shape index (κ2) is 8.42. The normalized spacial score (nSPS) is 16.9. The van der Waals surface area contributed by atoms with Gasteiger partial charge in [-0.1, -0.05) is 6.08 Å². The Bertz CT molecular complexity index is 241. The first-order valence-corrected chi connectivity index (χ1v) is 7.25. The largest absolute Gasteiger partial charge is 0.396 e. The molecule has 0 radical (unpaired) electrons. The number of hydrogen-bond acceptors (Lipinski definition) is 3. The maximum atomic E-state index is 11.7. The third kappa shape index (κ3) is 5.46. The molecule has 1 rings (SSSR count). The number of nitrogens with one attached hydrogen (secondary N) is 1. The minimum absolute atomic E-state index is 0.0283. The molecule has 0 spiro atoms. The minimum atomic E-state index is 0.0283. The van der Waals surface area contributed by atoms with Crippen molar-refractivity contribution in [1.82, 2.24) is 10.2 Å². The summed E-state index contributed by atoms with van der Waals surface area (Å²) in [6.45, 7) is 6.12. The van der Waals surface area contributed by atoms with Crippen LogP contribution in [0.4, 0.5) is 4.79 Å². The fourth-order valence-electron chi connectivity index (χ4n) is 1.83. The SMILES string of the molecule is C=CCSCCNC(=O)N1CCC(CO)CC1. The van der Waals surface area contributed by atoms with Crippen molar-refractivity contribution in [2.24, 2.45) is 5.92 Å². The van der Waals surface area contributed by atoms with Gasteiger partial charge in [0.2, 0.25) is 0 Å². The third-order valence-corrected chi connectivity index (χ3v) is 3.88.